The van der Waals surface area contributed by atoms with Crippen molar-refractivity contribution in [3.05, 3.63) is 53.8 Å². The van der Waals surface area contributed by atoms with E-state index in [1.54, 1.807) is 12.1 Å². The Labute approximate surface area is 158 Å². The smallest absolute Gasteiger partial charge is 0.262 e. The molecule has 2 aromatic rings. The average molecular weight is 370 g/mol. The van der Waals surface area contributed by atoms with Crippen LogP contribution in [0.25, 0.3) is 0 Å². The molecule has 1 aliphatic heterocycles. The van der Waals surface area contributed by atoms with Gasteiger partial charge in [-0.1, -0.05) is 19.9 Å². The molecule has 0 atom stereocenters. The maximum absolute atomic E-state index is 13.1. The van der Waals surface area contributed by atoms with Crippen molar-refractivity contribution in [2.24, 2.45) is 5.92 Å². The summed E-state index contributed by atoms with van der Waals surface area (Å²) >= 11 is 0. The van der Waals surface area contributed by atoms with Gasteiger partial charge in [-0.15, -0.1) is 0 Å². The van der Waals surface area contributed by atoms with Crippen molar-refractivity contribution >= 4 is 23.2 Å². The number of carbonyl (C=O) groups is 2. The van der Waals surface area contributed by atoms with E-state index in [1.807, 2.05) is 17.0 Å². The van der Waals surface area contributed by atoms with E-state index >= 15 is 0 Å². The van der Waals surface area contributed by atoms with Crippen molar-refractivity contribution in [3.8, 4) is 5.75 Å². The molecular weight excluding hydrogens is 347 g/mol. The van der Waals surface area contributed by atoms with Gasteiger partial charge in [0.05, 0.1) is 0 Å². The highest BCUT2D eigenvalue weighted by Crippen LogP contribution is 2.31. The second-order valence-electron chi connectivity index (χ2n) is 7.04. The first-order valence-corrected chi connectivity index (χ1v) is 9.04. The Hall–Kier alpha value is -2.89. The summed E-state index contributed by atoms with van der Waals surface area (Å²) in [4.78, 5) is 26.1. The number of aryl methyl sites for hydroxylation is 1. The van der Waals surface area contributed by atoms with Crippen LogP contribution in [-0.4, -0.2) is 25.0 Å². The van der Waals surface area contributed by atoms with Gasteiger partial charge in [0.25, 0.3) is 5.91 Å². The van der Waals surface area contributed by atoms with E-state index in [0.29, 0.717) is 36.7 Å². The Morgan fingerprint density at radius 3 is 2.78 bits per heavy atom. The van der Waals surface area contributed by atoms with Crippen LogP contribution in [0.3, 0.4) is 0 Å². The van der Waals surface area contributed by atoms with Gasteiger partial charge in [-0.2, -0.15) is 0 Å². The van der Waals surface area contributed by atoms with Crippen LogP contribution >= 0.6 is 0 Å². The zero-order valence-corrected chi connectivity index (χ0v) is 15.5. The molecule has 5 nitrogen and oxygen atoms in total. The number of hydrogen-bond acceptors (Lipinski definition) is 3. The molecule has 0 unspecified atom stereocenters. The summed E-state index contributed by atoms with van der Waals surface area (Å²) < 4.78 is 18.4. The summed E-state index contributed by atoms with van der Waals surface area (Å²) in [5, 5.41) is 2.78. The maximum atomic E-state index is 13.1. The summed E-state index contributed by atoms with van der Waals surface area (Å²) in [7, 11) is 0. The molecule has 2 amide bonds. The quantitative estimate of drug-likeness (QED) is 0.842. The lowest BCUT2D eigenvalue weighted by molar-refractivity contribution is -0.119. The normalized spacial score (nSPS) is 13.5. The first-order valence-electron chi connectivity index (χ1n) is 9.04. The third-order valence-corrected chi connectivity index (χ3v) is 4.28. The average Bonchev–Trinajstić information content (AvgIpc) is 2.62. The molecule has 0 aromatic heterocycles. The lowest BCUT2D eigenvalue weighted by Gasteiger charge is -2.31. The molecule has 0 fully saturated rings. The molecule has 2 aromatic carbocycles. The molecule has 0 spiro atoms. The van der Waals surface area contributed by atoms with Crippen LogP contribution in [0.1, 0.15) is 25.8 Å². The van der Waals surface area contributed by atoms with E-state index < -0.39 is 5.82 Å². The lowest BCUT2D eigenvalue weighted by atomic mass is 9.99. The molecule has 6 heteroatoms. The highest BCUT2D eigenvalue weighted by Gasteiger charge is 2.24. The van der Waals surface area contributed by atoms with Gasteiger partial charge in [-0.3, -0.25) is 9.59 Å². The third-order valence-electron chi connectivity index (χ3n) is 4.28. The van der Waals surface area contributed by atoms with Crippen LogP contribution in [-0.2, 0) is 16.0 Å². The molecule has 0 bridgehead atoms. The fraction of sp³-hybridized carbons (Fsp3) is 0.333. The van der Waals surface area contributed by atoms with Gasteiger partial charge < -0.3 is 15.0 Å². The van der Waals surface area contributed by atoms with Crippen LogP contribution < -0.4 is 15.0 Å². The Bertz CT molecular complexity index is 851. The number of anilines is 2. The number of halogens is 1. The summed E-state index contributed by atoms with van der Waals surface area (Å²) in [6.45, 7) is 4.63. The minimum atomic E-state index is -0.414. The monoisotopic (exact) mass is 370 g/mol. The second kappa shape index (κ2) is 8.20. The van der Waals surface area contributed by atoms with Gasteiger partial charge in [0.1, 0.15) is 11.6 Å². The topological polar surface area (TPSA) is 58.6 Å². The first kappa shape index (κ1) is 18.9. The fourth-order valence-electron chi connectivity index (χ4n) is 3.11. The number of benzene rings is 2. The highest BCUT2D eigenvalue weighted by atomic mass is 19.1. The zero-order valence-electron chi connectivity index (χ0n) is 15.5. The van der Waals surface area contributed by atoms with Crippen molar-refractivity contribution in [3.63, 3.8) is 0 Å². The molecule has 3 rings (SSSR count). The molecule has 1 aliphatic rings. The minimum absolute atomic E-state index is 0.136. The molecule has 0 aliphatic carbocycles. The first-order chi connectivity index (χ1) is 12.9. The SMILES string of the molecule is CC(C)CN1C(=O)CCc2cc(NC(=O)COc3cccc(F)c3)ccc21. The predicted molar refractivity (Wildman–Crippen MR) is 102 cm³/mol. The van der Waals surface area contributed by atoms with Gasteiger partial charge in [-0.25, -0.2) is 4.39 Å². The van der Waals surface area contributed by atoms with E-state index in [2.05, 4.69) is 19.2 Å². The summed E-state index contributed by atoms with van der Waals surface area (Å²) in [5.41, 5.74) is 2.61. The summed E-state index contributed by atoms with van der Waals surface area (Å²) in [6, 6.07) is 11.2. The molecule has 0 saturated carbocycles. The van der Waals surface area contributed by atoms with Crippen molar-refractivity contribution in [1.82, 2.24) is 0 Å². The predicted octanol–water partition coefficient (Wildman–Crippen LogP) is 3.78. The number of hydrogen-bond donors (Lipinski definition) is 1. The second-order valence-corrected chi connectivity index (χ2v) is 7.04. The molecule has 1 heterocycles. The van der Waals surface area contributed by atoms with E-state index in [0.717, 1.165) is 11.3 Å². The number of nitrogens with zero attached hydrogens (tertiary/aromatic N) is 1. The zero-order chi connectivity index (χ0) is 19.4. The molecule has 0 radical (unpaired) electrons. The molecular formula is C21H23FN2O3. The summed E-state index contributed by atoms with van der Waals surface area (Å²) in [6.07, 6.45) is 1.13. The molecule has 27 heavy (non-hydrogen) atoms. The van der Waals surface area contributed by atoms with Crippen LogP contribution in [0.2, 0.25) is 0 Å². The largest absolute Gasteiger partial charge is 0.484 e. The van der Waals surface area contributed by atoms with E-state index in [1.165, 1.54) is 18.2 Å². The van der Waals surface area contributed by atoms with Crippen LogP contribution in [0.4, 0.5) is 15.8 Å². The Balaban J connectivity index is 1.64. The number of carbonyl (C=O) groups excluding carboxylic acids is 2. The van der Waals surface area contributed by atoms with Crippen LogP contribution in [0.5, 0.6) is 5.75 Å². The third kappa shape index (κ3) is 4.84. The van der Waals surface area contributed by atoms with Crippen LogP contribution in [0, 0.1) is 11.7 Å². The highest BCUT2D eigenvalue weighted by molar-refractivity contribution is 5.97. The minimum Gasteiger partial charge on any atom is -0.484 e. The van der Waals surface area contributed by atoms with Crippen molar-refractivity contribution in [2.45, 2.75) is 26.7 Å². The van der Waals surface area contributed by atoms with Crippen LogP contribution in [0.15, 0.2) is 42.5 Å². The number of rotatable bonds is 6. The fourth-order valence-corrected chi connectivity index (χ4v) is 3.11. The Morgan fingerprint density at radius 2 is 2.04 bits per heavy atom. The molecule has 142 valence electrons. The van der Waals surface area contributed by atoms with E-state index in [9.17, 15) is 14.0 Å². The van der Waals surface area contributed by atoms with E-state index in [-0.39, 0.29) is 18.4 Å². The van der Waals surface area contributed by atoms with Gasteiger partial charge in [-0.05, 0) is 48.2 Å². The van der Waals surface area contributed by atoms with Gasteiger partial charge in [0.15, 0.2) is 6.61 Å². The van der Waals surface area contributed by atoms with Crippen molar-refractivity contribution in [2.75, 3.05) is 23.4 Å². The number of nitrogens with one attached hydrogen (secondary N) is 1. The standard InChI is InChI=1S/C21H23FN2O3/c1-14(2)12-24-19-8-7-17(10-15(19)6-9-21(24)26)23-20(25)13-27-18-5-3-4-16(22)11-18/h3-5,7-8,10-11,14H,6,9,12-13H2,1-2H3,(H,23,25). The van der Waals surface area contributed by atoms with E-state index in [4.69, 9.17) is 4.74 Å². The Kier molecular flexibility index (Phi) is 5.74. The van der Waals surface area contributed by atoms with Gasteiger partial charge >= 0.3 is 0 Å². The Morgan fingerprint density at radius 1 is 1.22 bits per heavy atom. The van der Waals surface area contributed by atoms with Gasteiger partial charge in [0.2, 0.25) is 5.91 Å². The number of fused-ring (bicyclic) bond motifs is 1. The number of ether oxygens (including phenoxy) is 1. The van der Waals surface area contributed by atoms with Crippen molar-refractivity contribution in [1.29, 1.82) is 0 Å². The molecule has 1 N–H and O–H groups in total. The van der Waals surface area contributed by atoms with Gasteiger partial charge in [0, 0.05) is 30.4 Å². The molecule has 0 saturated heterocycles. The lowest BCUT2D eigenvalue weighted by Crippen LogP contribution is -2.37. The maximum Gasteiger partial charge on any atom is 0.262 e. The summed E-state index contributed by atoms with van der Waals surface area (Å²) in [5.74, 6) is 0.0717. The van der Waals surface area contributed by atoms with Crippen molar-refractivity contribution < 1.29 is 18.7 Å². The number of amides is 2.